The Balaban J connectivity index is 2.11. The molecule has 0 radical (unpaired) electrons. The highest BCUT2D eigenvalue weighted by Crippen LogP contribution is 2.36. The average molecular weight is 297 g/mol. The second-order valence-electron chi connectivity index (χ2n) is 5.15. The minimum atomic E-state index is 0.150. The van der Waals surface area contributed by atoms with E-state index in [0.29, 0.717) is 0 Å². The molecule has 0 aliphatic rings. The maximum atomic E-state index is 5.54. The molecule has 2 nitrogen and oxygen atoms in total. The van der Waals surface area contributed by atoms with Crippen LogP contribution >= 0.6 is 11.3 Å². The first-order valence-electron chi connectivity index (χ1n) is 7.03. The van der Waals surface area contributed by atoms with Crippen molar-refractivity contribution in [1.82, 2.24) is 5.32 Å². The summed E-state index contributed by atoms with van der Waals surface area (Å²) in [6.07, 6.45) is 0. The van der Waals surface area contributed by atoms with Gasteiger partial charge in [-0.05, 0) is 37.6 Å². The molecular formula is C18H19NOS. The number of benzene rings is 2. The van der Waals surface area contributed by atoms with Gasteiger partial charge in [0.2, 0.25) is 0 Å². The van der Waals surface area contributed by atoms with Crippen molar-refractivity contribution in [2.45, 2.75) is 13.0 Å². The van der Waals surface area contributed by atoms with Crippen LogP contribution in [0.25, 0.3) is 10.1 Å². The summed E-state index contributed by atoms with van der Waals surface area (Å²) >= 11 is 1.83. The fraction of sp³-hybridized carbons (Fsp3) is 0.222. The van der Waals surface area contributed by atoms with Gasteiger partial charge in [0.25, 0.3) is 0 Å². The summed E-state index contributed by atoms with van der Waals surface area (Å²) in [4.78, 5) is 1.31. The lowest BCUT2D eigenvalue weighted by molar-refractivity contribution is 0.405. The van der Waals surface area contributed by atoms with Gasteiger partial charge in [0.1, 0.15) is 5.75 Å². The number of rotatable bonds is 4. The van der Waals surface area contributed by atoms with Gasteiger partial charge < -0.3 is 10.1 Å². The van der Waals surface area contributed by atoms with Crippen molar-refractivity contribution in [2.24, 2.45) is 0 Å². The number of hydrogen-bond donors (Lipinski definition) is 1. The molecule has 1 N–H and O–H groups in total. The van der Waals surface area contributed by atoms with E-state index in [-0.39, 0.29) is 6.04 Å². The van der Waals surface area contributed by atoms with E-state index in [1.54, 1.807) is 7.11 Å². The Hall–Kier alpha value is -1.84. The number of nitrogens with one attached hydrogen (secondary N) is 1. The van der Waals surface area contributed by atoms with Crippen LogP contribution in [0.15, 0.2) is 48.5 Å². The van der Waals surface area contributed by atoms with E-state index in [4.69, 9.17) is 4.74 Å². The second-order valence-corrected chi connectivity index (χ2v) is 6.27. The largest absolute Gasteiger partial charge is 0.496 e. The molecule has 0 aliphatic heterocycles. The molecular weight excluding hydrogens is 278 g/mol. The Bertz CT molecular complexity index is 730. The third kappa shape index (κ3) is 2.67. The van der Waals surface area contributed by atoms with Crippen molar-refractivity contribution in [1.29, 1.82) is 0 Å². The summed E-state index contributed by atoms with van der Waals surface area (Å²) in [6.45, 7) is 2.11. The van der Waals surface area contributed by atoms with Crippen LogP contribution in [-0.2, 0) is 0 Å². The average Bonchev–Trinajstić information content (AvgIpc) is 2.92. The maximum Gasteiger partial charge on any atom is 0.124 e. The van der Waals surface area contributed by atoms with E-state index in [9.17, 15) is 0 Å². The minimum Gasteiger partial charge on any atom is -0.496 e. The number of aryl methyl sites for hydroxylation is 1. The smallest absolute Gasteiger partial charge is 0.124 e. The van der Waals surface area contributed by atoms with E-state index in [1.165, 1.54) is 26.1 Å². The summed E-state index contributed by atoms with van der Waals surface area (Å²) in [7, 11) is 3.72. The molecule has 0 spiro atoms. The van der Waals surface area contributed by atoms with Gasteiger partial charge in [0.15, 0.2) is 0 Å². The number of ether oxygens (including phenoxy) is 1. The predicted molar refractivity (Wildman–Crippen MR) is 90.5 cm³/mol. The summed E-state index contributed by atoms with van der Waals surface area (Å²) < 4.78 is 6.86. The van der Waals surface area contributed by atoms with E-state index in [1.807, 2.05) is 24.5 Å². The van der Waals surface area contributed by atoms with Crippen molar-refractivity contribution >= 4 is 21.4 Å². The summed E-state index contributed by atoms with van der Waals surface area (Å²) in [5.74, 6) is 0.928. The Morgan fingerprint density at radius 3 is 2.62 bits per heavy atom. The highest BCUT2D eigenvalue weighted by molar-refractivity contribution is 7.19. The van der Waals surface area contributed by atoms with E-state index >= 15 is 0 Å². The Morgan fingerprint density at radius 1 is 1.10 bits per heavy atom. The fourth-order valence-corrected chi connectivity index (χ4v) is 3.87. The van der Waals surface area contributed by atoms with E-state index in [0.717, 1.165) is 5.75 Å². The molecule has 1 aromatic heterocycles. The molecule has 1 unspecified atom stereocenters. The first-order valence-corrected chi connectivity index (χ1v) is 7.85. The standard InChI is InChI=1S/C18H19NOS/c1-12-8-9-15(20-3)14(10-12)18(19-2)17-11-13-6-4-5-7-16(13)21-17/h4-11,18-19H,1-3H3. The van der Waals surface area contributed by atoms with E-state index in [2.05, 4.69) is 54.7 Å². The highest BCUT2D eigenvalue weighted by Gasteiger charge is 2.19. The van der Waals surface area contributed by atoms with Gasteiger partial charge in [-0.3, -0.25) is 0 Å². The molecule has 3 aromatic rings. The summed E-state index contributed by atoms with van der Waals surface area (Å²) in [6, 6.07) is 17.2. The Labute approximate surface area is 129 Å². The van der Waals surface area contributed by atoms with Crippen LogP contribution in [0.1, 0.15) is 22.0 Å². The van der Waals surface area contributed by atoms with Crippen LogP contribution in [0.2, 0.25) is 0 Å². The minimum absolute atomic E-state index is 0.150. The van der Waals surface area contributed by atoms with Crippen molar-refractivity contribution in [3.63, 3.8) is 0 Å². The lowest BCUT2D eigenvalue weighted by atomic mass is 10.0. The van der Waals surface area contributed by atoms with Crippen molar-refractivity contribution < 1.29 is 4.74 Å². The van der Waals surface area contributed by atoms with Crippen molar-refractivity contribution in [3.8, 4) is 5.75 Å². The van der Waals surface area contributed by atoms with Crippen molar-refractivity contribution in [3.05, 3.63) is 64.5 Å². The van der Waals surface area contributed by atoms with Gasteiger partial charge in [-0.2, -0.15) is 0 Å². The maximum absolute atomic E-state index is 5.54. The van der Waals surface area contributed by atoms with Crippen LogP contribution in [0.5, 0.6) is 5.75 Å². The van der Waals surface area contributed by atoms with Gasteiger partial charge in [-0.1, -0.05) is 35.9 Å². The molecule has 0 fully saturated rings. The van der Waals surface area contributed by atoms with Crippen LogP contribution in [0.3, 0.4) is 0 Å². The van der Waals surface area contributed by atoms with Crippen LogP contribution < -0.4 is 10.1 Å². The van der Waals surface area contributed by atoms with Crippen molar-refractivity contribution in [2.75, 3.05) is 14.2 Å². The van der Waals surface area contributed by atoms with Gasteiger partial charge in [-0.15, -0.1) is 11.3 Å². The molecule has 0 saturated carbocycles. The topological polar surface area (TPSA) is 21.3 Å². The first-order chi connectivity index (χ1) is 10.2. The van der Waals surface area contributed by atoms with E-state index < -0.39 is 0 Å². The van der Waals surface area contributed by atoms with Gasteiger partial charge >= 0.3 is 0 Å². The summed E-state index contributed by atoms with van der Waals surface area (Å²) in [5.41, 5.74) is 2.43. The van der Waals surface area contributed by atoms with Crippen LogP contribution in [-0.4, -0.2) is 14.2 Å². The lowest BCUT2D eigenvalue weighted by Crippen LogP contribution is -2.17. The Morgan fingerprint density at radius 2 is 1.90 bits per heavy atom. The number of fused-ring (bicyclic) bond motifs is 1. The predicted octanol–water partition coefficient (Wildman–Crippen LogP) is 4.53. The number of methoxy groups -OCH3 is 1. The highest BCUT2D eigenvalue weighted by atomic mass is 32.1. The first kappa shape index (κ1) is 14.1. The molecule has 1 heterocycles. The molecule has 0 amide bonds. The van der Waals surface area contributed by atoms with Crippen LogP contribution in [0.4, 0.5) is 0 Å². The quantitative estimate of drug-likeness (QED) is 0.764. The Kier molecular flexibility index (Phi) is 3.95. The van der Waals surface area contributed by atoms with Gasteiger partial charge in [0.05, 0.1) is 13.2 Å². The molecule has 0 aliphatic carbocycles. The molecule has 0 saturated heterocycles. The lowest BCUT2D eigenvalue weighted by Gasteiger charge is -2.18. The zero-order valence-electron chi connectivity index (χ0n) is 12.5. The number of thiophene rings is 1. The molecule has 3 heteroatoms. The number of hydrogen-bond acceptors (Lipinski definition) is 3. The van der Waals surface area contributed by atoms with Gasteiger partial charge in [0, 0.05) is 15.1 Å². The SMILES string of the molecule is CNC(c1cc2ccccc2s1)c1cc(C)ccc1OC. The van der Waals surface area contributed by atoms with Gasteiger partial charge in [-0.25, -0.2) is 0 Å². The zero-order chi connectivity index (χ0) is 14.8. The summed E-state index contributed by atoms with van der Waals surface area (Å²) in [5, 5.41) is 4.72. The normalized spacial score (nSPS) is 12.5. The monoisotopic (exact) mass is 297 g/mol. The zero-order valence-corrected chi connectivity index (χ0v) is 13.3. The third-order valence-electron chi connectivity index (χ3n) is 3.71. The molecule has 108 valence electrons. The van der Waals surface area contributed by atoms with Crippen LogP contribution in [0, 0.1) is 6.92 Å². The molecule has 3 rings (SSSR count). The molecule has 1 atom stereocenters. The second kappa shape index (κ2) is 5.88. The fourth-order valence-electron chi connectivity index (χ4n) is 2.68. The molecule has 2 aromatic carbocycles. The molecule has 0 bridgehead atoms. The third-order valence-corrected chi connectivity index (χ3v) is 4.89. The molecule has 21 heavy (non-hydrogen) atoms.